The third-order valence-electron chi connectivity index (χ3n) is 2.74. The summed E-state index contributed by atoms with van der Waals surface area (Å²) in [5, 5.41) is 19.1. The highest BCUT2D eigenvalue weighted by molar-refractivity contribution is 7.99. The number of phenolic OH excluding ortho intramolecular Hbond substituents is 1. The van der Waals surface area contributed by atoms with Gasteiger partial charge in [0.1, 0.15) is 18.1 Å². The van der Waals surface area contributed by atoms with Crippen molar-refractivity contribution in [2.45, 2.75) is 17.9 Å². The molecule has 0 bridgehead atoms. The molecule has 0 aromatic heterocycles. The summed E-state index contributed by atoms with van der Waals surface area (Å²) >= 11 is 1.53. The van der Waals surface area contributed by atoms with Crippen LogP contribution in [0.2, 0.25) is 0 Å². The molecular weight excluding hydrogens is 272 g/mol. The van der Waals surface area contributed by atoms with Gasteiger partial charge in [-0.05, 0) is 43.3 Å². The van der Waals surface area contributed by atoms with Gasteiger partial charge < -0.3 is 14.9 Å². The van der Waals surface area contributed by atoms with E-state index in [0.717, 1.165) is 10.6 Å². The fourth-order valence-corrected chi connectivity index (χ4v) is 2.42. The van der Waals surface area contributed by atoms with Crippen LogP contribution in [0.5, 0.6) is 11.5 Å². The van der Waals surface area contributed by atoms with Crippen LogP contribution in [-0.2, 0) is 0 Å². The maximum atomic E-state index is 9.89. The van der Waals surface area contributed by atoms with Gasteiger partial charge in [-0.15, -0.1) is 11.8 Å². The van der Waals surface area contributed by atoms with E-state index in [4.69, 9.17) is 4.74 Å². The summed E-state index contributed by atoms with van der Waals surface area (Å²) in [5.74, 6) is 1.57. The molecular formula is C16H18O3S. The maximum absolute atomic E-state index is 9.89. The molecule has 2 N–H and O–H groups in total. The van der Waals surface area contributed by atoms with E-state index in [1.807, 2.05) is 43.3 Å². The Bertz CT molecular complexity index is 473. The van der Waals surface area contributed by atoms with Crippen molar-refractivity contribution in [1.82, 2.24) is 0 Å². The molecule has 106 valence electrons. The second kappa shape index (κ2) is 7.22. The molecule has 0 aliphatic rings. The zero-order valence-corrected chi connectivity index (χ0v) is 12.1. The molecule has 0 heterocycles. The summed E-state index contributed by atoms with van der Waals surface area (Å²) in [6.07, 6.45) is -0.532. The number of aromatic hydroxyl groups is 1. The number of hydrogen-bond acceptors (Lipinski definition) is 4. The van der Waals surface area contributed by atoms with Crippen molar-refractivity contribution >= 4 is 11.8 Å². The number of benzene rings is 2. The minimum atomic E-state index is -0.532. The van der Waals surface area contributed by atoms with Gasteiger partial charge in [0.2, 0.25) is 0 Å². The largest absolute Gasteiger partial charge is 0.508 e. The Hall–Kier alpha value is -1.65. The second-order valence-corrected chi connectivity index (χ2v) is 5.68. The Balaban J connectivity index is 1.73. The number of aryl methyl sites for hydroxylation is 1. The van der Waals surface area contributed by atoms with Gasteiger partial charge in [-0.25, -0.2) is 0 Å². The minimum Gasteiger partial charge on any atom is -0.508 e. The molecule has 2 rings (SSSR count). The highest BCUT2D eigenvalue weighted by Gasteiger charge is 2.06. The number of aliphatic hydroxyl groups excluding tert-OH is 1. The van der Waals surface area contributed by atoms with Crippen LogP contribution in [0.3, 0.4) is 0 Å². The van der Waals surface area contributed by atoms with Crippen LogP contribution < -0.4 is 4.74 Å². The lowest BCUT2D eigenvalue weighted by molar-refractivity contribution is 0.126. The molecule has 4 heteroatoms. The molecule has 0 aliphatic heterocycles. The number of ether oxygens (including phenoxy) is 1. The average Bonchev–Trinajstić information content (AvgIpc) is 2.46. The molecule has 3 nitrogen and oxygen atoms in total. The monoisotopic (exact) mass is 290 g/mol. The van der Waals surface area contributed by atoms with E-state index < -0.39 is 6.10 Å². The summed E-state index contributed by atoms with van der Waals surface area (Å²) in [4.78, 5) is 1.01. The first-order valence-corrected chi connectivity index (χ1v) is 7.41. The summed E-state index contributed by atoms with van der Waals surface area (Å²) in [5.41, 5.74) is 1.18. The van der Waals surface area contributed by atoms with Crippen molar-refractivity contribution in [1.29, 1.82) is 0 Å². The minimum absolute atomic E-state index is 0.248. The third-order valence-corrected chi connectivity index (χ3v) is 3.90. The molecule has 2 aromatic carbocycles. The van der Waals surface area contributed by atoms with Gasteiger partial charge >= 0.3 is 0 Å². The van der Waals surface area contributed by atoms with Crippen LogP contribution in [0.15, 0.2) is 53.4 Å². The predicted molar refractivity (Wildman–Crippen MR) is 81.5 cm³/mol. The lowest BCUT2D eigenvalue weighted by Gasteiger charge is -2.12. The molecule has 0 amide bonds. The molecule has 0 saturated carbocycles. The molecule has 0 saturated heterocycles. The standard InChI is InChI=1S/C16H18O3S/c1-12-2-6-15(7-3-12)19-10-14(18)11-20-16-8-4-13(17)5-9-16/h2-9,14,17-18H,10-11H2,1H3. The van der Waals surface area contributed by atoms with Crippen molar-refractivity contribution in [2.24, 2.45) is 0 Å². The normalized spacial score (nSPS) is 12.1. The van der Waals surface area contributed by atoms with Crippen LogP contribution in [0.25, 0.3) is 0 Å². The van der Waals surface area contributed by atoms with Crippen molar-refractivity contribution < 1.29 is 14.9 Å². The van der Waals surface area contributed by atoms with Gasteiger partial charge in [0.05, 0.1) is 6.10 Å². The van der Waals surface area contributed by atoms with E-state index in [2.05, 4.69) is 0 Å². The van der Waals surface area contributed by atoms with E-state index in [-0.39, 0.29) is 12.4 Å². The predicted octanol–water partition coefficient (Wildman–Crippen LogP) is 3.23. The van der Waals surface area contributed by atoms with Crippen molar-refractivity contribution in [3.63, 3.8) is 0 Å². The highest BCUT2D eigenvalue weighted by atomic mass is 32.2. The molecule has 1 atom stereocenters. The SMILES string of the molecule is Cc1ccc(OCC(O)CSc2ccc(O)cc2)cc1. The number of hydrogen-bond donors (Lipinski definition) is 2. The maximum Gasteiger partial charge on any atom is 0.119 e. The van der Waals surface area contributed by atoms with Crippen molar-refractivity contribution in [3.8, 4) is 11.5 Å². The smallest absolute Gasteiger partial charge is 0.119 e. The van der Waals surface area contributed by atoms with Crippen LogP contribution in [-0.4, -0.2) is 28.7 Å². The summed E-state index contributed by atoms with van der Waals surface area (Å²) in [6, 6.07) is 14.7. The Morgan fingerprint density at radius 3 is 2.35 bits per heavy atom. The van der Waals surface area contributed by atoms with Crippen LogP contribution >= 0.6 is 11.8 Å². The molecule has 0 spiro atoms. The first-order valence-electron chi connectivity index (χ1n) is 6.43. The lowest BCUT2D eigenvalue weighted by atomic mass is 10.2. The van der Waals surface area contributed by atoms with Gasteiger partial charge in [-0.3, -0.25) is 0 Å². The average molecular weight is 290 g/mol. The van der Waals surface area contributed by atoms with Crippen molar-refractivity contribution in [3.05, 3.63) is 54.1 Å². The lowest BCUT2D eigenvalue weighted by Crippen LogP contribution is -2.20. The number of thioether (sulfide) groups is 1. The number of aliphatic hydroxyl groups is 1. The summed E-state index contributed by atoms with van der Waals surface area (Å²) in [7, 11) is 0. The summed E-state index contributed by atoms with van der Waals surface area (Å²) in [6.45, 7) is 2.29. The second-order valence-electron chi connectivity index (χ2n) is 4.58. The Kier molecular flexibility index (Phi) is 5.32. The quantitative estimate of drug-likeness (QED) is 0.802. The first-order chi connectivity index (χ1) is 9.63. The first kappa shape index (κ1) is 14.8. The topological polar surface area (TPSA) is 49.7 Å². The molecule has 0 aliphatic carbocycles. The fraction of sp³-hybridized carbons (Fsp3) is 0.250. The Morgan fingerprint density at radius 1 is 1.05 bits per heavy atom. The van der Waals surface area contributed by atoms with E-state index >= 15 is 0 Å². The van der Waals surface area contributed by atoms with Gasteiger partial charge in [-0.2, -0.15) is 0 Å². The van der Waals surface area contributed by atoms with Crippen LogP contribution in [0.1, 0.15) is 5.56 Å². The van der Waals surface area contributed by atoms with Crippen LogP contribution in [0, 0.1) is 6.92 Å². The van der Waals surface area contributed by atoms with Crippen LogP contribution in [0.4, 0.5) is 0 Å². The zero-order valence-electron chi connectivity index (χ0n) is 11.3. The van der Waals surface area contributed by atoms with E-state index in [0.29, 0.717) is 5.75 Å². The van der Waals surface area contributed by atoms with Gasteiger partial charge in [0.15, 0.2) is 0 Å². The van der Waals surface area contributed by atoms with Crippen molar-refractivity contribution in [2.75, 3.05) is 12.4 Å². The molecule has 0 fully saturated rings. The summed E-state index contributed by atoms with van der Waals surface area (Å²) < 4.78 is 5.53. The number of rotatable bonds is 6. The molecule has 1 unspecified atom stereocenters. The van der Waals surface area contributed by atoms with E-state index in [9.17, 15) is 10.2 Å². The number of phenols is 1. The fourth-order valence-electron chi connectivity index (χ4n) is 1.61. The molecule has 20 heavy (non-hydrogen) atoms. The van der Waals surface area contributed by atoms with Gasteiger partial charge in [0, 0.05) is 10.6 Å². The molecule has 0 radical (unpaired) electrons. The zero-order chi connectivity index (χ0) is 14.4. The highest BCUT2D eigenvalue weighted by Crippen LogP contribution is 2.21. The Morgan fingerprint density at radius 2 is 1.70 bits per heavy atom. The van der Waals surface area contributed by atoms with E-state index in [1.165, 1.54) is 17.3 Å². The molecule has 2 aromatic rings. The van der Waals surface area contributed by atoms with Gasteiger partial charge in [-0.1, -0.05) is 17.7 Å². The van der Waals surface area contributed by atoms with Gasteiger partial charge in [0.25, 0.3) is 0 Å². The third kappa shape index (κ3) is 4.79. The Labute approximate surface area is 123 Å². The van der Waals surface area contributed by atoms with E-state index in [1.54, 1.807) is 12.1 Å².